The van der Waals surface area contributed by atoms with E-state index in [0.717, 1.165) is 24.2 Å². The van der Waals surface area contributed by atoms with Gasteiger partial charge in [0, 0.05) is 6.04 Å². The standard InChI is InChI=1S/C20H30N2O4S/c1-4-26-20(25)17-13(2)18(14(3)23)27-19(17)22-16(24)12-21-15-10-8-6-5-7-9-11-15/h15,21H,4-12H2,1-3H3,(H,22,24). The zero-order valence-corrected chi connectivity index (χ0v) is 17.3. The van der Waals surface area contributed by atoms with Crippen molar-refractivity contribution < 1.29 is 19.1 Å². The summed E-state index contributed by atoms with van der Waals surface area (Å²) in [6, 6.07) is 0.360. The maximum Gasteiger partial charge on any atom is 0.341 e. The van der Waals surface area contributed by atoms with Gasteiger partial charge < -0.3 is 15.4 Å². The predicted molar refractivity (Wildman–Crippen MR) is 108 cm³/mol. The van der Waals surface area contributed by atoms with E-state index < -0.39 is 5.97 Å². The van der Waals surface area contributed by atoms with Crippen LogP contribution in [-0.2, 0) is 9.53 Å². The van der Waals surface area contributed by atoms with Crippen LogP contribution in [0.25, 0.3) is 0 Å². The predicted octanol–water partition coefficient (Wildman–Crippen LogP) is 4.08. The van der Waals surface area contributed by atoms with Crippen LogP contribution >= 0.6 is 11.3 Å². The minimum atomic E-state index is -0.512. The highest BCUT2D eigenvalue weighted by Crippen LogP contribution is 2.34. The summed E-state index contributed by atoms with van der Waals surface area (Å²) in [5, 5.41) is 6.52. The highest BCUT2D eigenvalue weighted by molar-refractivity contribution is 7.18. The number of Topliss-reactive ketones (excluding diaryl/α,β-unsaturated/α-hetero) is 1. The number of ether oxygens (including phenoxy) is 1. The van der Waals surface area contributed by atoms with Crippen molar-refractivity contribution in [2.75, 3.05) is 18.5 Å². The average Bonchev–Trinajstić information content (AvgIpc) is 2.90. The van der Waals surface area contributed by atoms with Gasteiger partial charge in [0.05, 0.1) is 23.6 Å². The van der Waals surface area contributed by atoms with Crippen LogP contribution in [0.2, 0.25) is 0 Å². The molecule has 0 aliphatic heterocycles. The number of carbonyl (C=O) groups excluding carboxylic acids is 3. The number of thiophene rings is 1. The molecule has 7 heteroatoms. The Kier molecular flexibility index (Phi) is 8.44. The molecule has 6 nitrogen and oxygen atoms in total. The van der Waals surface area contributed by atoms with Gasteiger partial charge in [-0.3, -0.25) is 9.59 Å². The van der Waals surface area contributed by atoms with Gasteiger partial charge in [0.15, 0.2) is 5.78 Å². The lowest BCUT2D eigenvalue weighted by molar-refractivity contribution is -0.115. The molecule has 1 aliphatic carbocycles. The van der Waals surface area contributed by atoms with Crippen LogP contribution in [0.1, 0.15) is 84.4 Å². The van der Waals surface area contributed by atoms with E-state index in [1.54, 1.807) is 13.8 Å². The van der Waals surface area contributed by atoms with E-state index in [2.05, 4.69) is 10.6 Å². The second kappa shape index (κ2) is 10.6. The first-order chi connectivity index (χ1) is 12.9. The lowest BCUT2D eigenvalue weighted by Crippen LogP contribution is -2.36. The van der Waals surface area contributed by atoms with Gasteiger partial charge in [-0.15, -0.1) is 11.3 Å². The Hall–Kier alpha value is -1.73. The van der Waals surface area contributed by atoms with Gasteiger partial charge in [-0.25, -0.2) is 4.79 Å². The fraction of sp³-hybridized carbons (Fsp3) is 0.650. The SMILES string of the molecule is CCOC(=O)c1c(NC(=O)CNC2CCCCCCC2)sc(C(C)=O)c1C. The van der Waals surface area contributed by atoms with Gasteiger partial charge in [0.2, 0.25) is 5.91 Å². The van der Waals surface area contributed by atoms with Crippen LogP contribution in [0.5, 0.6) is 0 Å². The molecule has 1 aromatic rings. The molecule has 0 spiro atoms. The first kappa shape index (κ1) is 21.6. The van der Waals surface area contributed by atoms with Crippen molar-refractivity contribution in [1.29, 1.82) is 0 Å². The second-order valence-electron chi connectivity index (χ2n) is 7.01. The molecule has 0 radical (unpaired) electrons. The van der Waals surface area contributed by atoms with Crippen LogP contribution in [-0.4, -0.2) is 36.9 Å². The van der Waals surface area contributed by atoms with Gasteiger partial charge in [-0.1, -0.05) is 32.1 Å². The third-order valence-electron chi connectivity index (χ3n) is 4.86. The first-order valence-electron chi connectivity index (χ1n) is 9.78. The Balaban J connectivity index is 2.04. The third kappa shape index (κ3) is 6.14. The Labute approximate surface area is 165 Å². The van der Waals surface area contributed by atoms with Crippen molar-refractivity contribution in [2.24, 2.45) is 0 Å². The van der Waals surface area contributed by atoms with Crippen molar-refractivity contribution in [2.45, 2.75) is 71.8 Å². The highest BCUT2D eigenvalue weighted by Gasteiger charge is 2.25. The summed E-state index contributed by atoms with van der Waals surface area (Å²) in [6.45, 7) is 5.32. The number of esters is 1. The largest absolute Gasteiger partial charge is 0.462 e. The lowest BCUT2D eigenvalue weighted by Gasteiger charge is -2.20. The number of anilines is 1. The Morgan fingerprint density at radius 2 is 1.74 bits per heavy atom. The molecule has 150 valence electrons. The summed E-state index contributed by atoms with van der Waals surface area (Å²) >= 11 is 1.13. The van der Waals surface area contributed by atoms with Crippen LogP contribution in [0.15, 0.2) is 0 Å². The van der Waals surface area contributed by atoms with Crippen LogP contribution in [0, 0.1) is 6.92 Å². The topological polar surface area (TPSA) is 84.5 Å². The fourth-order valence-electron chi connectivity index (χ4n) is 3.45. The molecule has 1 saturated carbocycles. The monoisotopic (exact) mass is 394 g/mol. The Bertz CT molecular complexity index is 676. The molecule has 0 bridgehead atoms. The minimum Gasteiger partial charge on any atom is -0.462 e. The molecule has 1 fully saturated rings. The van der Waals surface area contributed by atoms with Crippen molar-refractivity contribution >= 4 is 34.0 Å². The summed E-state index contributed by atoms with van der Waals surface area (Å²) in [6.07, 6.45) is 8.39. The van der Waals surface area contributed by atoms with Gasteiger partial charge in [-0.05, 0) is 39.2 Å². The molecule has 0 unspecified atom stereocenters. The summed E-state index contributed by atoms with van der Waals surface area (Å²) in [4.78, 5) is 37.0. The number of hydrogen-bond donors (Lipinski definition) is 2. The van der Waals surface area contributed by atoms with Crippen LogP contribution < -0.4 is 10.6 Å². The van der Waals surface area contributed by atoms with E-state index in [-0.39, 0.29) is 30.4 Å². The number of hydrogen-bond acceptors (Lipinski definition) is 6. The maximum atomic E-state index is 12.4. The molecular formula is C20H30N2O4S. The van der Waals surface area contributed by atoms with Gasteiger partial charge >= 0.3 is 5.97 Å². The van der Waals surface area contributed by atoms with Crippen molar-refractivity contribution in [3.8, 4) is 0 Å². The Morgan fingerprint density at radius 1 is 1.11 bits per heavy atom. The van der Waals surface area contributed by atoms with Crippen molar-refractivity contribution in [3.63, 3.8) is 0 Å². The quantitative estimate of drug-likeness (QED) is 0.538. The van der Waals surface area contributed by atoms with Gasteiger partial charge in [0.25, 0.3) is 0 Å². The van der Waals surface area contributed by atoms with E-state index in [4.69, 9.17) is 4.74 Å². The molecule has 1 aliphatic rings. The van der Waals surface area contributed by atoms with Crippen molar-refractivity contribution in [1.82, 2.24) is 5.32 Å². The van der Waals surface area contributed by atoms with E-state index >= 15 is 0 Å². The smallest absolute Gasteiger partial charge is 0.341 e. The summed E-state index contributed by atoms with van der Waals surface area (Å²) in [5.41, 5.74) is 0.848. The molecule has 2 N–H and O–H groups in total. The molecule has 1 amide bonds. The molecule has 27 heavy (non-hydrogen) atoms. The van der Waals surface area contributed by atoms with E-state index in [0.29, 0.717) is 21.5 Å². The van der Waals surface area contributed by atoms with Crippen molar-refractivity contribution in [3.05, 3.63) is 16.0 Å². The molecular weight excluding hydrogens is 364 g/mol. The average molecular weight is 395 g/mol. The summed E-state index contributed by atoms with van der Waals surface area (Å²) in [5.74, 6) is -0.850. The summed E-state index contributed by atoms with van der Waals surface area (Å²) in [7, 11) is 0. The normalized spacial score (nSPS) is 15.7. The lowest BCUT2D eigenvalue weighted by atomic mass is 9.97. The third-order valence-corrected chi connectivity index (χ3v) is 6.16. The zero-order valence-electron chi connectivity index (χ0n) is 16.5. The minimum absolute atomic E-state index is 0.129. The summed E-state index contributed by atoms with van der Waals surface area (Å²) < 4.78 is 5.09. The molecule has 1 aromatic heterocycles. The highest BCUT2D eigenvalue weighted by atomic mass is 32.1. The van der Waals surface area contributed by atoms with Crippen LogP contribution in [0.4, 0.5) is 5.00 Å². The second-order valence-corrected chi connectivity index (χ2v) is 8.03. The maximum absolute atomic E-state index is 12.4. The molecule has 0 atom stereocenters. The molecule has 1 heterocycles. The van der Waals surface area contributed by atoms with E-state index in [9.17, 15) is 14.4 Å². The van der Waals surface area contributed by atoms with E-state index in [1.165, 1.54) is 39.0 Å². The molecule has 2 rings (SSSR count). The molecule has 0 saturated heterocycles. The van der Waals surface area contributed by atoms with Gasteiger partial charge in [0.1, 0.15) is 5.00 Å². The number of nitrogens with one attached hydrogen (secondary N) is 2. The number of rotatable bonds is 7. The number of carbonyl (C=O) groups is 3. The molecule has 0 aromatic carbocycles. The fourth-order valence-corrected chi connectivity index (χ4v) is 4.56. The number of amides is 1. The van der Waals surface area contributed by atoms with E-state index in [1.807, 2.05) is 0 Å². The van der Waals surface area contributed by atoms with Gasteiger partial charge in [-0.2, -0.15) is 0 Å². The van der Waals surface area contributed by atoms with Crippen LogP contribution in [0.3, 0.4) is 0 Å². The Morgan fingerprint density at radius 3 is 2.33 bits per heavy atom. The number of ketones is 1. The zero-order chi connectivity index (χ0) is 19.8. The first-order valence-corrected chi connectivity index (χ1v) is 10.6.